The molecule has 2 heterocycles. The average molecular weight is 198 g/mol. The van der Waals surface area contributed by atoms with E-state index in [0.717, 1.165) is 23.1 Å². The van der Waals surface area contributed by atoms with E-state index >= 15 is 0 Å². The summed E-state index contributed by atoms with van der Waals surface area (Å²) in [6.07, 6.45) is 0.0341. The molecule has 2 rings (SSSR count). The highest BCUT2D eigenvalue weighted by molar-refractivity contribution is 7.99. The fourth-order valence-corrected chi connectivity index (χ4v) is 2.48. The minimum absolute atomic E-state index is 0.0341. The molecular weight excluding hydrogens is 188 g/mol. The molecule has 0 spiro atoms. The van der Waals surface area contributed by atoms with Crippen LogP contribution in [-0.4, -0.2) is 26.4 Å². The standard InChI is InChI=1S/C8H10N2O2S/c1-5-6(4-7(11)12)9-8-10(5)2-3-13-8/h2-4H2,1H3,(H,11,12). The molecule has 0 unspecified atom stereocenters. The number of hydrogen-bond donors (Lipinski definition) is 1. The molecule has 0 radical (unpaired) electrons. The van der Waals surface area contributed by atoms with Gasteiger partial charge in [0.05, 0.1) is 12.1 Å². The summed E-state index contributed by atoms with van der Waals surface area (Å²) < 4.78 is 2.09. The van der Waals surface area contributed by atoms with E-state index in [1.807, 2.05) is 6.92 Å². The number of fused-ring (bicyclic) bond motifs is 1. The van der Waals surface area contributed by atoms with E-state index in [1.54, 1.807) is 11.8 Å². The monoisotopic (exact) mass is 198 g/mol. The number of carboxylic acid groups (broad SMARTS) is 1. The van der Waals surface area contributed by atoms with Gasteiger partial charge in [0, 0.05) is 18.0 Å². The van der Waals surface area contributed by atoms with Gasteiger partial charge in [-0.2, -0.15) is 0 Å². The molecule has 4 nitrogen and oxygen atoms in total. The molecule has 1 aromatic heterocycles. The summed E-state index contributed by atoms with van der Waals surface area (Å²) in [4.78, 5) is 14.8. The SMILES string of the molecule is Cc1c(CC(=O)O)nc2n1CCS2. The summed E-state index contributed by atoms with van der Waals surface area (Å²) in [6.45, 7) is 2.89. The van der Waals surface area contributed by atoms with Crippen molar-refractivity contribution in [2.75, 3.05) is 5.75 Å². The fraction of sp³-hybridized carbons (Fsp3) is 0.500. The molecule has 1 N–H and O–H groups in total. The Morgan fingerprint density at radius 3 is 3.15 bits per heavy atom. The summed E-state index contributed by atoms with van der Waals surface area (Å²) in [5, 5.41) is 9.59. The number of hydrogen-bond acceptors (Lipinski definition) is 3. The normalized spacial score (nSPS) is 14.5. The van der Waals surface area contributed by atoms with E-state index in [-0.39, 0.29) is 6.42 Å². The van der Waals surface area contributed by atoms with Gasteiger partial charge in [-0.1, -0.05) is 11.8 Å². The molecule has 0 aromatic carbocycles. The number of carboxylic acids is 1. The van der Waals surface area contributed by atoms with Gasteiger partial charge in [-0.25, -0.2) is 4.98 Å². The highest BCUT2D eigenvalue weighted by atomic mass is 32.2. The molecule has 0 fully saturated rings. The second kappa shape index (κ2) is 3.06. The molecule has 0 aliphatic carbocycles. The Kier molecular flexibility index (Phi) is 2.03. The molecule has 1 aromatic rings. The fourth-order valence-electron chi connectivity index (χ4n) is 1.47. The van der Waals surface area contributed by atoms with Gasteiger partial charge in [-0.05, 0) is 6.92 Å². The molecule has 0 bridgehead atoms. The lowest BCUT2D eigenvalue weighted by Crippen LogP contribution is -2.04. The highest BCUT2D eigenvalue weighted by Crippen LogP contribution is 2.27. The van der Waals surface area contributed by atoms with E-state index in [9.17, 15) is 4.79 Å². The second-order valence-corrected chi connectivity index (χ2v) is 4.06. The topological polar surface area (TPSA) is 55.1 Å². The first-order chi connectivity index (χ1) is 6.18. The Morgan fingerprint density at radius 2 is 2.54 bits per heavy atom. The molecule has 5 heteroatoms. The Hall–Kier alpha value is -0.970. The maximum Gasteiger partial charge on any atom is 0.309 e. The Bertz CT molecular complexity index is 359. The zero-order chi connectivity index (χ0) is 9.42. The zero-order valence-corrected chi connectivity index (χ0v) is 8.10. The van der Waals surface area contributed by atoms with Gasteiger partial charge in [-0.15, -0.1) is 0 Å². The van der Waals surface area contributed by atoms with Crippen LogP contribution in [-0.2, 0) is 17.8 Å². The third kappa shape index (κ3) is 1.44. The Morgan fingerprint density at radius 1 is 1.77 bits per heavy atom. The third-order valence-corrected chi connectivity index (χ3v) is 3.11. The molecule has 0 saturated heterocycles. The van der Waals surface area contributed by atoms with Gasteiger partial charge in [0.25, 0.3) is 0 Å². The molecule has 1 aliphatic heterocycles. The van der Waals surface area contributed by atoms with E-state index in [0.29, 0.717) is 5.69 Å². The van der Waals surface area contributed by atoms with Crippen molar-refractivity contribution in [1.82, 2.24) is 9.55 Å². The average Bonchev–Trinajstić information content (AvgIpc) is 2.56. The van der Waals surface area contributed by atoms with Crippen LogP contribution in [0.25, 0.3) is 0 Å². The number of rotatable bonds is 2. The van der Waals surface area contributed by atoms with Crippen LogP contribution in [0.2, 0.25) is 0 Å². The van der Waals surface area contributed by atoms with E-state index in [4.69, 9.17) is 5.11 Å². The third-order valence-electron chi connectivity index (χ3n) is 2.15. The molecule has 0 saturated carbocycles. The number of thioether (sulfide) groups is 1. The quantitative estimate of drug-likeness (QED) is 0.768. The second-order valence-electron chi connectivity index (χ2n) is 3.00. The van der Waals surface area contributed by atoms with Gasteiger partial charge in [0.1, 0.15) is 0 Å². The Labute approximate surface area is 80.0 Å². The molecule has 0 atom stereocenters. The van der Waals surface area contributed by atoms with Crippen LogP contribution in [0.4, 0.5) is 0 Å². The van der Waals surface area contributed by atoms with Crippen LogP contribution in [0.3, 0.4) is 0 Å². The number of imidazole rings is 1. The first kappa shape index (κ1) is 8.62. The Balaban J connectivity index is 2.33. The van der Waals surface area contributed by atoms with Crippen molar-refractivity contribution in [3.05, 3.63) is 11.4 Å². The van der Waals surface area contributed by atoms with Crippen LogP contribution in [0.1, 0.15) is 11.4 Å². The number of nitrogens with zero attached hydrogens (tertiary/aromatic N) is 2. The lowest BCUT2D eigenvalue weighted by molar-refractivity contribution is -0.136. The van der Waals surface area contributed by atoms with Gasteiger partial charge in [0.15, 0.2) is 5.16 Å². The van der Waals surface area contributed by atoms with Crippen molar-refractivity contribution >= 4 is 17.7 Å². The van der Waals surface area contributed by atoms with Crippen LogP contribution in [0.5, 0.6) is 0 Å². The molecular formula is C8H10N2O2S. The van der Waals surface area contributed by atoms with Crippen molar-refractivity contribution in [3.8, 4) is 0 Å². The van der Waals surface area contributed by atoms with E-state index in [2.05, 4.69) is 9.55 Å². The summed E-state index contributed by atoms with van der Waals surface area (Å²) in [6, 6.07) is 0. The van der Waals surface area contributed by atoms with Crippen LogP contribution in [0, 0.1) is 6.92 Å². The number of carbonyl (C=O) groups is 1. The largest absolute Gasteiger partial charge is 0.481 e. The lowest BCUT2D eigenvalue weighted by atomic mass is 10.2. The molecule has 0 amide bonds. The minimum atomic E-state index is -0.815. The van der Waals surface area contributed by atoms with Crippen molar-refractivity contribution in [1.29, 1.82) is 0 Å². The van der Waals surface area contributed by atoms with Gasteiger partial charge in [0.2, 0.25) is 0 Å². The van der Waals surface area contributed by atoms with Crippen molar-refractivity contribution in [2.45, 2.75) is 25.0 Å². The van der Waals surface area contributed by atoms with Crippen LogP contribution < -0.4 is 0 Å². The molecule has 13 heavy (non-hydrogen) atoms. The van der Waals surface area contributed by atoms with E-state index in [1.165, 1.54) is 0 Å². The summed E-state index contributed by atoms with van der Waals surface area (Å²) in [5.41, 5.74) is 1.71. The van der Waals surface area contributed by atoms with Gasteiger partial charge < -0.3 is 9.67 Å². The lowest BCUT2D eigenvalue weighted by Gasteiger charge is -1.98. The summed E-state index contributed by atoms with van der Waals surface area (Å²) in [5.74, 6) is 0.237. The number of aliphatic carboxylic acids is 1. The molecule has 70 valence electrons. The minimum Gasteiger partial charge on any atom is -0.481 e. The van der Waals surface area contributed by atoms with Crippen LogP contribution >= 0.6 is 11.8 Å². The van der Waals surface area contributed by atoms with Crippen molar-refractivity contribution in [3.63, 3.8) is 0 Å². The zero-order valence-electron chi connectivity index (χ0n) is 7.28. The van der Waals surface area contributed by atoms with Gasteiger partial charge >= 0.3 is 5.97 Å². The summed E-state index contributed by atoms with van der Waals surface area (Å²) >= 11 is 1.69. The maximum absolute atomic E-state index is 10.5. The number of aromatic nitrogens is 2. The van der Waals surface area contributed by atoms with Crippen LogP contribution in [0.15, 0.2) is 5.16 Å². The first-order valence-electron chi connectivity index (χ1n) is 4.09. The maximum atomic E-state index is 10.5. The smallest absolute Gasteiger partial charge is 0.309 e. The molecule has 1 aliphatic rings. The predicted octanol–water partition coefficient (Wildman–Crippen LogP) is 0.924. The van der Waals surface area contributed by atoms with Crippen molar-refractivity contribution in [2.24, 2.45) is 0 Å². The predicted molar refractivity (Wildman–Crippen MR) is 49.0 cm³/mol. The summed E-state index contributed by atoms with van der Waals surface area (Å²) in [7, 11) is 0. The van der Waals surface area contributed by atoms with Gasteiger partial charge in [-0.3, -0.25) is 4.79 Å². The van der Waals surface area contributed by atoms with E-state index < -0.39 is 5.97 Å². The van der Waals surface area contributed by atoms with Crippen molar-refractivity contribution < 1.29 is 9.90 Å². The highest BCUT2D eigenvalue weighted by Gasteiger charge is 2.19. The first-order valence-corrected chi connectivity index (χ1v) is 5.07.